The Balaban J connectivity index is 0.000000192. The summed E-state index contributed by atoms with van der Waals surface area (Å²) in [6, 6.07) is 25.0. The lowest BCUT2D eigenvalue weighted by atomic mass is 10.1. The zero-order valence-electron chi connectivity index (χ0n) is 26.0. The van der Waals surface area contributed by atoms with Gasteiger partial charge in [-0.05, 0) is 116 Å². The van der Waals surface area contributed by atoms with Crippen molar-refractivity contribution in [3.63, 3.8) is 0 Å². The second-order valence-electron chi connectivity index (χ2n) is 10.3. The van der Waals surface area contributed by atoms with E-state index in [0.717, 1.165) is 28.1 Å². The normalized spacial score (nSPS) is 9.93. The molecule has 0 bridgehead atoms. The van der Waals surface area contributed by atoms with Gasteiger partial charge in [-0.15, -0.1) is 0 Å². The predicted octanol–water partition coefficient (Wildman–Crippen LogP) is 6.93. The summed E-state index contributed by atoms with van der Waals surface area (Å²) in [4.78, 5) is 34.2. The summed E-state index contributed by atoms with van der Waals surface area (Å²) in [5, 5.41) is 8.04. The van der Waals surface area contributed by atoms with E-state index in [1.807, 2.05) is 32.9 Å². The molecule has 0 saturated heterocycles. The minimum absolute atomic E-state index is 0.0204. The van der Waals surface area contributed by atoms with Gasteiger partial charge in [-0.3, -0.25) is 14.4 Å². The van der Waals surface area contributed by atoms with Gasteiger partial charge in [0.05, 0.1) is 11.8 Å². The average Bonchev–Trinajstić information content (AvgIpc) is 3.55. The van der Waals surface area contributed by atoms with Crippen molar-refractivity contribution in [2.45, 2.75) is 27.7 Å². The van der Waals surface area contributed by atoms with E-state index in [0.29, 0.717) is 22.7 Å². The standard InChI is InChI=1S/C14H13FN2O.C12H12N2O2.C9H12N2O/c1-9-8-10(6-7-13(9)16)17-14(18)11-4-2-3-5-12(11)15;1-8-7-9(4-5-10(8)13)14-12(15)11-3-2-6-16-11;1-6-5-8(11-7(2)12)3-4-9(6)10/h2-8H,16H2,1H3,(H,17,18);2-7H,13H2,1H3,(H,14,15);3-5H,10H2,1-2H3,(H,11,12). The van der Waals surface area contributed by atoms with Gasteiger partial charge in [-0.2, -0.15) is 0 Å². The minimum Gasteiger partial charge on any atom is -0.459 e. The van der Waals surface area contributed by atoms with Crippen LogP contribution in [0, 0.1) is 26.6 Å². The van der Waals surface area contributed by atoms with E-state index in [-0.39, 0.29) is 23.1 Å². The summed E-state index contributed by atoms with van der Waals surface area (Å²) in [7, 11) is 0. The monoisotopic (exact) mass is 624 g/mol. The molecule has 10 nitrogen and oxygen atoms in total. The molecule has 1 heterocycles. The van der Waals surface area contributed by atoms with Crippen LogP contribution in [0.15, 0.2) is 102 Å². The topological polar surface area (TPSA) is 179 Å². The van der Waals surface area contributed by atoms with Crippen molar-refractivity contribution in [3.8, 4) is 0 Å². The van der Waals surface area contributed by atoms with Crippen LogP contribution in [0.5, 0.6) is 0 Å². The number of hydrogen-bond donors (Lipinski definition) is 6. The van der Waals surface area contributed by atoms with Gasteiger partial charge < -0.3 is 37.6 Å². The van der Waals surface area contributed by atoms with E-state index in [9.17, 15) is 18.8 Å². The Morgan fingerprint density at radius 2 is 1.07 bits per heavy atom. The fourth-order valence-corrected chi connectivity index (χ4v) is 3.91. The van der Waals surface area contributed by atoms with Crippen molar-refractivity contribution in [2.24, 2.45) is 0 Å². The first-order valence-electron chi connectivity index (χ1n) is 14.1. The molecule has 0 saturated carbocycles. The average molecular weight is 625 g/mol. The van der Waals surface area contributed by atoms with E-state index in [1.54, 1.807) is 66.7 Å². The van der Waals surface area contributed by atoms with Gasteiger partial charge in [0.1, 0.15) is 5.82 Å². The minimum atomic E-state index is -0.540. The van der Waals surface area contributed by atoms with E-state index in [2.05, 4.69) is 16.0 Å². The Bertz CT molecular complexity index is 1820. The Kier molecular flexibility index (Phi) is 12.0. The molecule has 11 heteroatoms. The molecule has 5 aromatic rings. The maximum absolute atomic E-state index is 13.4. The van der Waals surface area contributed by atoms with Gasteiger partial charge in [-0.1, -0.05) is 12.1 Å². The number of halogens is 1. The SMILES string of the molecule is CC(=O)Nc1ccc(N)c(C)c1.Cc1cc(NC(=O)c2ccccc2F)ccc1N.Cc1cc(NC(=O)c2ccco2)ccc1N. The van der Waals surface area contributed by atoms with E-state index >= 15 is 0 Å². The molecule has 0 radical (unpaired) electrons. The number of nitrogen functional groups attached to an aromatic ring is 3. The molecule has 1 aromatic heterocycles. The molecule has 5 rings (SSSR count). The third-order valence-corrected chi connectivity index (χ3v) is 6.51. The molecule has 0 spiro atoms. The van der Waals surface area contributed by atoms with Crippen LogP contribution in [-0.4, -0.2) is 17.7 Å². The van der Waals surface area contributed by atoms with Crippen LogP contribution in [0.1, 0.15) is 44.5 Å². The summed E-state index contributed by atoms with van der Waals surface area (Å²) >= 11 is 0. The molecule has 46 heavy (non-hydrogen) atoms. The number of anilines is 6. The van der Waals surface area contributed by atoms with Crippen LogP contribution in [0.3, 0.4) is 0 Å². The molecular weight excluding hydrogens is 587 g/mol. The lowest BCUT2D eigenvalue weighted by molar-refractivity contribution is -0.114. The second kappa shape index (κ2) is 16.1. The second-order valence-corrected chi connectivity index (χ2v) is 10.3. The summed E-state index contributed by atoms with van der Waals surface area (Å²) in [5.41, 5.74) is 23.9. The predicted molar refractivity (Wildman–Crippen MR) is 182 cm³/mol. The van der Waals surface area contributed by atoms with E-state index in [4.69, 9.17) is 21.6 Å². The van der Waals surface area contributed by atoms with Gasteiger partial charge in [0.15, 0.2) is 5.76 Å². The highest BCUT2D eigenvalue weighted by Gasteiger charge is 2.11. The fourth-order valence-electron chi connectivity index (χ4n) is 3.91. The Morgan fingerprint density at radius 3 is 1.48 bits per heavy atom. The molecule has 0 fully saturated rings. The highest BCUT2D eigenvalue weighted by molar-refractivity contribution is 6.04. The van der Waals surface area contributed by atoms with Gasteiger partial charge in [0.2, 0.25) is 5.91 Å². The fraction of sp³-hybridized carbons (Fsp3) is 0.114. The Hall–Kier alpha value is -6.10. The molecule has 0 aliphatic rings. The van der Waals surface area contributed by atoms with Crippen LogP contribution < -0.4 is 33.2 Å². The van der Waals surface area contributed by atoms with Crippen molar-refractivity contribution in [3.05, 3.63) is 131 Å². The van der Waals surface area contributed by atoms with Crippen LogP contribution in [0.2, 0.25) is 0 Å². The van der Waals surface area contributed by atoms with Gasteiger partial charge in [0.25, 0.3) is 11.8 Å². The summed E-state index contributed by atoms with van der Waals surface area (Å²) in [6.07, 6.45) is 1.46. The van der Waals surface area contributed by atoms with Crippen molar-refractivity contribution < 1.29 is 23.2 Å². The van der Waals surface area contributed by atoms with Crippen LogP contribution in [-0.2, 0) is 4.79 Å². The molecule has 0 aliphatic carbocycles. The third kappa shape index (κ3) is 10.3. The third-order valence-electron chi connectivity index (χ3n) is 6.51. The Labute approximate surface area is 266 Å². The number of nitrogens with one attached hydrogen (secondary N) is 3. The molecule has 4 aromatic carbocycles. The maximum atomic E-state index is 13.4. The van der Waals surface area contributed by atoms with E-state index < -0.39 is 11.7 Å². The molecular formula is C35H37FN6O4. The number of furan rings is 1. The van der Waals surface area contributed by atoms with Crippen LogP contribution in [0.4, 0.5) is 38.5 Å². The number of nitrogens with two attached hydrogens (primary N) is 3. The highest BCUT2D eigenvalue weighted by Crippen LogP contribution is 2.19. The zero-order chi connectivity index (χ0) is 33.8. The first-order chi connectivity index (χ1) is 21.8. The summed E-state index contributed by atoms with van der Waals surface area (Å²) in [5.74, 6) is -1.07. The number of carbonyl (C=O) groups is 3. The smallest absolute Gasteiger partial charge is 0.291 e. The largest absolute Gasteiger partial charge is 0.459 e. The molecule has 0 aliphatic heterocycles. The summed E-state index contributed by atoms with van der Waals surface area (Å²) < 4.78 is 18.4. The molecule has 9 N–H and O–H groups in total. The number of rotatable bonds is 5. The molecule has 3 amide bonds. The number of benzene rings is 4. The zero-order valence-corrected chi connectivity index (χ0v) is 26.0. The first kappa shape index (κ1) is 34.4. The van der Waals surface area contributed by atoms with Crippen molar-refractivity contribution in [2.75, 3.05) is 33.2 Å². The van der Waals surface area contributed by atoms with E-state index in [1.165, 1.54) is 25.3 Å². The molecule has 238 valence electrons. The number of carbonyl (C=O) groups excluding carboxylic acids is 3. The van der Waals surface area contributed by atoms with Gasteiger partial charge in [0, 0.05) is 41.0 Å². The van der Waals surface area contributed by atoms with Crippen molar-refractivity contribution in [1.82, 2.24) is 0 Å². The quantitative estimate of drug-likeness (QED) is 0.115. The first-order valence-corrected chi connectivity index (χ1v) is 14.1. The number of amides is 3. The maximum Gasteiger partial charge on any atom is 0.291 e. The lowest BCUT2D eigenvalue weighted by Crippen LogP contribution is -2.13. The number of hydrogen-bond acceptors (Lipinski definition) is 7. The van der Waals surface area contributed by atoms with Crippen molar-refractivity contribution >= 4 is 51.8 Å². The van der Waals surface area contributed by atoms with Crippen LogP contribution in [0.25, 0.3) is 0 Å². The summed E-state index contributed by atoms with van der Waals surface area (Å²) in [6.45, 7) is 7.11. The number of aryl methyl sites for hydroxylation is 3. The molecule has 0 atom stereocenters. The molecule has 0 unspecified atom stereocenters. The van der Waals surface area contributed by atoms with Gasteiger partial charge in [-0.25, -0.2) is 4.39 Å². The van der Waals surface area contributed by atoms with Crippen molar-refractivity contribution in [1.29, 1.82) is 0 Å². The lowest BCUT2D eigenvalue weighted by Gasteiger charge is -2.08. The highest BCUT2D eigenvalue weighted by atomic mass is 19.1. The van der Waals surface area contributed by atoms with Gasteiger partial charge >= 0.3 is 0 Å². The van der Waals surface area contributed by atoms with Crippen LogP contribution >= 0.6 is 0 Å². The Morgan fingerprint density at radius 1 is 0.609 bits per heavy atom.